The van der Waals surface area contributed by atoms with Crippen molar-refractivity contribution in [2.45, 2.75) is 37.6 Å². The molecule has 3 N–H and O–H groups in total. The Morgan fingerprint density at radius 3 is 2.38 bits per heavy atom. The van der Waals surface area contributed by atoms with Crippen LogP contribution in [0.25, 0.3) is 0 Å². The van der Waals surface area contributed by atoms with Gasteiger partial charge in [-0.3, -0.25) is 9.59 Å². The number of hydrogen-bond donors (Lipinski definition) is 2. The molecule has 1 saturated heterocycles. The van der Waals surface area contributed by atoms with E-state index in [0.717, 1.165) is 32.4 Å². The number of amides is 2. The number of alkyl halides is 3. The number of hydrogen-bond acceptors (Lipinski definition) is 5. The molecule has 34 heavy (non-hydrogen) atoms. The van der Waals surface area contributed by atoms with E-state index in [2.05, 4.69) is 10.3 Å². The third-order valence-electron chi connectivity index (χ3n) is 5.95. The van der Waals surface area contributed by atoms with Crippen LogP contribution in [-0.2, 0) is 9.53 Å². The fourth-order valence-corrected chi connectivity index (χ4v) is 3.96. The molecule has 13 heteroatoms. The van der Waals surface area contributed by atoms with Crippen LogP contribution in [0.1, 0.15) is 35.8 Å². The third kappa shape index (κ3) is 4.04. The molecule has 2 heterocycles. The lowest BCUT2D eigenvalue weighted by Crippen LogP contribution is -2.47. The van der Waals surface area contributed by atoms with Crippen LogP contribution in [0.5, 0.6) is 5.75 Å². The summed E-state index contributed by atoms with van der Waals surface area (Å²) in [5.41, 5.74) is 0.468. The van der Waals surface area contributed by atoms with E-state index >= 15 is 0 Å². The number of rotatable bonds is 5. The van der Waals surface area contributed by atoms with Gasteiger partial charge in [-0.25, -0.2) is 13.8 Å². The Labute approximate surface area is 189 Å². The van der Waals surface area contributed by atoms with E-state index in [-0.39, 0.29) is 5.56 Å². The summed E-state index contributed by atoms with van der Waals surface area (Å²) in [6.45, 7) is 1.84. The van der Waals surface area contributed by atoms with Crippen molar-refractivity contribution in [1.82, 2.24) is 4.98 Å². The maximum Gasteiger partial charge on any atom is 0.417 e. The van der Waals surface area contributed by atoms with Gasteiger partial charge in [0.25, 0.3) is 11.8 Å². The molecule has 3 rings (SSSR count). The molecule has 0 saturated carbocycles. The molecule has 7 nitrogen and oxygen atoms in total. The Kier molecular flexibility index (Phi) is 6.53. The van der Waals surface area contributed by atoms with Gasteiger partial charge in [0, 0.05) is 23.6 Å². The summed E-state index contributed by atoms with van der Waals surface area (Å²) in [7, 11) is 0.984. The van der Waals surface area contributed by atoms with E-state index in [4.69, 9.17) is 15.2 Å². The molecule has 1 aliphatic heterocycles. The third-order valence-corrected chi connectivity index (χ3v) is 5.95. The van der Waals surface area contributed by atoms with E-state index in [0.29, 0.717) is 13.0 Å². The van der Waals surface area contributed by atoms with Crippen molar-refractivity contribution in [3.8, 4) is 5.75 Å². The Hall–Kier alpha value is -3.35. The highest BCUT2D eigenvalue weighted by Crippen LogP contribution is 2.55. The van der Waals surface area contributed by atoms with Gasteiger partial charge in [0.05, 0.1) is 12.8 Å². The van der Waals surface area contributed by atoms with E-state index < -0.39 is 76.1 Å². The van der Waals surface area contributed by atoms with Gasteiger partial charge in [0.15, 0.2) is 28.7 Å². The molecule has 4 atom stereocenters. The fraction of sp³-hybridized carbons (Fsp3) is 0.381. The highest BCUT2D eigenvalue weighted by Gasteiger charge is 2.66. The molecule has 0 spiro atoms. The Morgan fingerprint density at radius 1 is 1.18 bits per heavy atom. The minimum atomic E-state index is -4.97. The summed E-state index contributed by atoms with van der Waals surface area (Å²) in [5, 5.41) is 2.06. The lowest BCUT2D eigenvalue weighted by Gasteiger charge is -2.32. The molecule has 0 radical (unpaired) electrons. The van der Waals surface area contributed by atoms with Crippen LogP contribution < -0.4 is 15.8 Å². The van der Waals surface area contributed by atoms with Crippen molar-refractivity contribution in [2.24, 2.45) is 11.7 Å². The van der Waals surface area contributed by atoms with Crippen LogP contribution in [0.3, 0.4) is 0 Å². The molecule has 0 bridgehead atoms. The number of primary amides is 1. The SMILES string of the molecule is COc1c([C@@H]2[C@H](C(=O)Nc3ccnc(C(N)=O)c3F)O[C@@](C)(C(F)(F)F)[C@H]2C)ccc(F)c1F. The van der Waals surface area contributed by atoms with Gasteiger partial charge in [-0.05, 0) is 19.1 Å². The van der Waals surface area contributed by atoms with E-state index in [1.54, 1.807) is 0 Å². The van der Waals surface area contributed by atoms with Crippen LogP contribution in [0.2, 0.25) is 0 Å². The van der Waals surface area contributed by atoms with Crippen molar-refractivity contribution in [1.29, 1.82) is 0 Å². The predicted octanol–water partition coefficient (Wildman–Crippen LogP) is 3.68. The highest BCUT2D eigenvalue weighted by atomic mass is 19.4. The Bertz CT molecular complexity index is 1140. The second-order valence-corrected chi connectivity index (χ2v) is 7.82. The predicted molar refractivity (Wildman–Crippen MR) is 105 cm³/mol. The summed E-state index contributed by atoms with van der Waals surface area (Å²) in [4.78, 5) is 27.8. The first-order valence-corrected chi connectivity index (χ1v) is 9.76. The molecule has 184 valence electrons. The fourth-order valence-electron chi connectivity index (χ4n) is 3.96. The van der Waals surface area contributed by atoms with Gasteiger partial charge in [-0.15, -0.1) is 0 Å². The van der Waals surface area contributed by atoms with Crippen molar-refractivity contribution in [3.05, 3.63) is 53.1 Å². The molecular formula is C21H19F6N3O4. The van der Waals surface area contributed by atoms with Gasteiger partial charge in [-0.1, -0.05) is 13.0 Å². The van der Waals surface area contributed by atoms with Gasteiger partial charge < -0.3 is 20.5 Å². The van der Waals surface area contributed by atoms with Crippen LogP contribution in [0.4, 0.5) is 32.0 Å². The molecule has 2 aromatic rings. The maximum atomic E-state index is 14.5. The number of nitrogens with zero attached hydrogens (tertiary/aromatic N) is 1. The minimum Gasteiger partial charge on any atom is -0.493 e. The Balaban J connectivity index is 2.11. The van der Waals surface area contributed by atoms with Gasteiger partial charge >= 0.3 is 6.18 Å². The second-order valence-electron chi connectivity index (χ2n) is 7.82. The number of aromatic nitrogens is 1. The number of carbonyl (C=O) groups excluding carboxylic acids is 2. The standard InChI is InChI=1S/C21H19F6N3O4/c1-8-12(9-4-5-10(22)13(23)16(9)33-3)17(34-20(8,2)21(25,26)27)19(32)30-11-6-7-29-15(14(11)24)18(28)31/h4-8,12,17H,1-3H3,(H2,28,31)(H,29,30,32)/t8-,12+,17+,20+/m0/s1. The zero-order chi connectivity index (χ0) is 25.6. The summed E-state index contributed by atoms with van der Waals surface area (Å²) in [6, 6.07) is 2.62. The van der Waals surface area contributed by atoms with Crippen LogP contribution in [0, 0.1) is 23.4 Å². The number of halogens is 6. The minimum absolute atomic E-state index is 0.255. The van der Waals surface area contributed by atoms with E-state index in [9.17, 15) is 35.9 Å². The number of carbonyl (C=O) groups is 2. The first-order chi connectivity index (χ1) is 15.7. The molecule has 0 aliphatic carbocycles. The smallest absolute Gasteiger partial charge is 0.417 e. The summed E-state index contributed by atoms with van der Waals surface area (Å²) in [5.74, 6) is -10.2. The number of anilines is 1. The van der Waals surface area contributed by atoms with Crippen LogP contribution >= 0.6 is 0 Å². The summed E-state index contributed by atoms with van der Waals surface area (Å²) < 4.78 is 94.5. The number of benzene rings is 1. The van der Waals surface area contributed by atoms with Crippen LogP contribution in [-0.4, -0.2) is 41.8 Å². The quantitative estimate of drug-likeness (QED) is 0.622. The first-order valence-electron chi connectivity index (χ1n) is 9.76. The number of nitrogens with one attached hydrogen (secondary N) is 1. The highest BCUT2D eigenvalue weighted by molar-refractivity contribution is 5.97. The average molecular weight is 491 g/mol. The van der Waals surface area contributed by atoms with Gasteiger partial charge in [-0.2, -0.15) is 17.6 Å². The van der Waals surface area contributed by atoms with E-state index in [1.807, 2.05) is 0 Å². The zero-order valence-electron chi connectivity index (χ0n) is 18.0. The molecular weight excluding hydrogens is 472 g/mol. The van der Waals surface area contributed by atoms with E-state index in [1.165, 1.54) is 0 Å². The number of pyridine rings is 1. The average Bonchev–Trinajstić information content (AvgIpc) is 3.03. The van der Waals surface area contributed by atoms with Crippen molar-refractivity contribution >= 4 is 17.5 Å². The monoisotopic (exact) mass is 491 g/mol. The van der Waals surface area contributed by atoms with Crippen molar-refractivity contribution in [3.63, 3.8) is 0 Å². The molecule has 1 aromatic heterocycles. The normalized spacial score (nSPS) is 24.7. The molecule has 0 unspecified atom stereocenters. The summed E-state index contributed by atoms with van der Waals surface area (Å²) >= 11 is 0. The van der Waals surface area contributed by atoms with Crippen LogP contribution in [0.15, 0.2) is 24.4 Å². The topological polar surface area (TPSA) is 104 Å². The number of methoxy groups -OCH3 is 1. The van der Waals surface area contributed by atoms with Gasteiger partial charge in [0.1, 0.15) is 6.10 Å². The second kappa shape index (κ2) is 8.78. The Morgan fingerprint density at radius 2 is 1.82 bits per heavy atom. The summed E-state index contributed by atoms with van der Waals surface area (Å²) in [6.07, 6.45) is -5.95. The molecule has 1 fully saturated rings. The molecule has 1 aromatic carbocycles. The van der Waals surface area contributed by atoms with Crippen molar-refractivity contribution < 1.29 is 45.4 Å². The number of ether oxygens (including phenoxy) is 2. The largest absolute Gasteiger partial charge is 0.493 e. The lowest BCUT2D eigenvalue weighted by molar-refractivity contribution is -0.272. The van der Waals surface area contributed by atoms with Crippen molar-refractivity contribution in [2.75, 3.05) is 12.4 Å². The van der Waals surface area contributed by atoms with Gasteiger partial charge in [0.2, 0.25) is 5.82 Å². The molecule has 1 aliphatic rings. The first kappa shape index (κ1) is 25.3. The zero-order valence-corrected chi connectivity index (χ0v) is 18.0. The number of nitrogens with two attached hydrogens (primary N) is 1. The lowest BCUT2D eigenvalue weighted by atomic mass is 9.77. The maximum absolute atomic E-state index is 14.5. The molecule has 2 amide bonds.